The van der Waals surface area contributed by atoms with Crippen LogP contribution in [-0.2, 0) is 6.42 Å². The molecule has 3 heterocycles. The molecule has 1 saturated heterocycles. The number of aromatic nitrogens is 1. The summed E-state index contributed by atoms with van der Waals surface area (Å²) in [4.78, 5) is 3.78. The number of rotatable bonds is 0. The Morgan fingerprint density at radius 1 is 1.27 bits per heavy atom. The molecular weight excluding hydrogens is 292 g/mol. The second kappa shape index (κ2) is 4.39. The monoisotopic (exact) mass is 313 g/mol. The first-order valence-corrected chi connectivity index (χ1v) is 8.82. The van der Waals surface area contributed by atoms with Gasteiger partial charge in [0.25, 0.3) is 0 Å². The summed E-state index contributed by atoms with van der Waals surface area (Å²) in [5.74, 6) is 1.50. The second-order valence-electron chi connectivity index (χ2n) is 7.66. The number of hydrogen-bond donors (Lipinski definition) is 1. The molecule has 1 aliphatic carbocycles. The van der Waals surface area contributed by atoms with Gasteiger partial charge < -0.3 is 9.47 Å². The minimum Gasteiger partial charge on any atom is -0.353 e. The van der Waals surface area contributed by atoms with E-state index < -0.39 is 0 Å². The fourth-order valence-corrected chi connectivity index (χ4v) is 5.75. The van der Waals surface area contributed by atoms with Crippen LogP contribution in [0.5, 0.6) is 0 Å². The summed E-state index contributed by atoms with van der Waals surface area (Å²) in [6, 6.07) is 9.40. The second-order valence-corrected chi connectivity index (χ2v) is 8.14. The highest BCUT2D eigenvalue weighted by molar-refractivity contribution is 6.29. The molecule has 1 aromatic heterocycles. The summed E-state index contributed by atoms with van der Waals surface area (Å²) in [6.07, 6.45) is 5.70. The maximum absolute atomic E-state index is 6.41. The average molecular weight is 314 g/mol. The molecule has 0 saturated carbocycles. The third kappa shape index (κ3) is 1.65. The van der Waals surface area contributed by atoms with Crippen molar-refractivity contribution in [2.45, 2.75) is 25.3 Å². The van der Waals surface area contributed by atoms with E-state index >= 15 is 0 Å². The van der Waals surface area contributed by atoms with Crippen molar-refractivity contribution in [3.63, 3.8) is 0 Å². The predicted molar refractivity (Wildman–Crippen MR) is 90.8 cm³/mol. The van der Waals surface area contributed by atoms with Gasteiger partial charge in [-0.15, -0.1) is 0 Å². The van der Waals surface area contributed by atoms with Crippen molar-refractivity contribution in [3.8, 4) is 0 Å². The molecule has 1 N–H and O–H groups in total. The van der Waals surface area contributed by atoms with Crippen LogP contribution in [-0.4, -0.2) is 29.6 Å². The number of allylic oxidation sites excluding steroid dienone is 2. The van der Waals surface area contributed by atoms with Crippen LogP contribution in [0.3, 0.4) is 0 Å². The van der Waals surface area contributed by atoms with Gasteiger partial charge in [-0.3, -0.25) is 0 Å². The molecule has 0 spiro atoms. The third-order valence-electron chi connectivity index (χ3n) is 6.42. The Kier molecular flexibility index (Phi) is 2.64. The van der Waals surface area contributed by atoms with E-state index in [-0.39, 0.29) is 0 Å². The Balaban J connectivity index is 1.69. The number of likely N-dealkylation sites (N-methyl/N-ethyl adjacent to an activating group) is 1. The molecule has 2 aromatic rings. The number of aromatic amines is 1. The summed E-state index contributed by atoms with van der Waals surface area (Å²) in [7, 11) is 2.46. The van der Waals surface area contributed by atoms with Gasteiger partial charge in [0, 0.05) is 34.2 Å². The maximum Gasteiger partial charge on any atom is 0.133 e. The molecule has 2 aliphatic heterocycles. The fourth-order valence-electron chi connectivity index (χ4n) is 5.49. The van der Waals surface area contributed by atoms with Crippen molar-refractivity contribution in [2.75, 3.05) is 20.1 Å². The molecule has 3 aliphatic rings. The Morgan fingerprint density at radius 2 is 2.14 bits per heavy atom. The molecule has 3 heteroatoms. The molecule has 22 heavy (non-hydrogen) atoms. The van der Waals surface area contributed by atoms with E-state index in [9.17, 15) is 0 Å². The van der Waals surface area contributed by atoms with E-state index in [4.69, 9.17) is 11.6 Å². The van der Waals surface area contributed by atoms with Crippen LogP contribution >= 0.6 is 11.6 Å². The zero-order valence-electron chi connectivity index (χ0n) is 13.0. The van der Waals surface area contributed by atoms with E-state index in [2.05, 4.69) is 42.4 Å². The van der Waals surface area contributed by atoms with Crippen LogP contribution in [0, 0.1) is 11.8 Å². The minimum absolute atomic E-state index is 0.601. The third-order valence-corrected chi connectivity index (χ3v) is 6.73. The molecule has 2 nitrogen and oxygen atoms in total. The highest BCUT2D eigenvalue weighted by Gasteiger charge is 2.55. The summed E-state index contributed by atoms with van der Waals surface area (Å²) in [6.45, 7) is 2.58. The van der Waals surface area contributed by atoms with Gasteiger partial charge in [-0.05, 0) is 24.5 Å². The van der Waals surface area contributed by atoms with Gasteiger partial charge >= 0.3 is 0 Å². The number of hydrogen-bond acceptors (Lipinski definition) is 0. The number of halogens is 1. The number of H-pyrrole nitrogens is 1. The lowest BCUT2D eigenvalue weighted by Gasteiger charge is -2.41. The van der Waals surface area contributed by atoms with Crippen molar-refractivity contribution in [3.05, 3.63) is 46.6 Å². The number of nitrogens with zero attached hydrogens (tertiary/aromatic N) is 1. The molecule has 1 aromatic carbocycles. The van der Waals surface area contributed by atoms with Crippen LogP contribution in [0.15, 0.2) is 35.4 Å². The zero-order valence-corrected chi connectivity index (χ0v) is 13.7. The normalized spacial score (nSPS) is 36.6. The number of nitrogens with one attached hydrogen (secondary N) is 1. The average Bonchev–Trinajstić information content (AvgIpc) is 3.01. The highest BCUT2D eigenvalue weighted by Crippen LogP contribution is 2.54. The van der Waals surface area contributed by atoms with Gasteiger partial charge in [0.15, 0.2) is 0 Å². The minimum atomic E-state index is 0.601. The van der Waals surface area contributed by atoms with E-state index in [0.717, 1.165) is 17.4 Å². The standard InChI is InChI=1S/C19H22ClN2/c1-22-9-8-15-14-4-2-3-5-17(14)21-18(15)19(22)16-10-13(20)7-6-12(16)11-22/h2-5,7,12,16,19,21H,6,8-11H2,1H3/q+1/t12-,16-,19+,22?/m0/s1. The first-order chi connectivity index (χ1) is 10.7. The first kappa shape index (κ1) is 13.2. The Bertz CT molecular complexity index is 790. The number of quaternary nitrogens is 1. The van der Waals surface area contributed by atoms with Crippen molar-refractivity contribution in [2.24, 2.45) is 11.8 Å². The Hall–Kier alpha value is -1.25. The predicted octanol–water partition coefficient (Wildman–Crippen LogP) is 4.37. The lowest BCUT2D eigenvalue weighted by Crippen LogP contribution is -2.48. The van der Waals surface area contributed by atoms with Gasteiger partial charge in [-0.1, -0.05) is 35.9 Å². The van der Waals surface area contributed by atoms with Crippen LogP contribution in [0.1, 0.15) is 30.1 Å². The van der Waals surface area contributed by atoms with E-state index in [1.54, 1.807) is 5.56 Å². The molecule has 114 valence electrons. The van der Waals surface area contributed by atoms with Gasteiger partial charge in [0.1, 0.15) is 6.04 Å². The van der Waals surface area contributed by atoms with Gasteiger partial charge in [0.05, 0.1) is 25.8 Å². The zero-order chi connectivity index (χ0) is 14.9. The first-order valence-electron chi connectivity index (χ1n) is 8.44. The SMILES string of the molecule is C[N+]12CCc3c([nH]c4ccccc34)[C@H]1[C@H]1CC(Cl)=CC[C@H]1C2. The lowest BCUT2D eigenvalue weighted by atomic mass is 9.79. The highest BCUT2D eigenvalue weighted by atomic mass is 35.5. The van der Waals surface area contributed by atoms with E-state index in [0.29, 0.717) is 12.0 Å². The Morgan fingerprint density at radius 3 is 3.05 bits per heavy atom. The van der Waals surface area contributed by atoms with Crippen LogP contribution < -0.4 is 0 Å². The molecule has 0 radical (unpaired) electrons. The molecule has 4 atom stereocenters. The van der Waals surface area contributed by atoms with Gasteiger partial charge in [0.2, 0.25) is 0 Å². The fraction of sp³-hybridized carbons (Fsp3) is 0.474. The van der Waals surface area contributed by atoms with Crippen molar-refractivity contribution < 1.29 is 4.48 Å². The molecule has 1 fully saturated rings. The summed E-state index contributed by atoms with van der Waals surface area (Å²) >= 11 is 6.41. The largest absolute Gasteiger partial charge is 0.353 e. The number of fused-ring (bicyclic) bond motifs is 7. The lowest BCUT2D eigenvalue weighted by molar-refractivity contribution is -0.932. The maximum atomic E-state index is 6.41. The summed E-state index contributed by atoms with van der Waals surface area (Å²) in [5, 5.41) is 2.52. The van der Waals surface area contributed by atoms with Crippen molar-refractivity contribution >= 4 is 22.5 Å². The van der Waals surface area contributed by atoms with E-state index in [1.807, 2.05) is 0 Å². The van der Waals surface area contributed by atoms with Gasteiger partial charge in [-0.2, -0.15) is 0 Å². The van der Waals surface area contributed by atoms with Crippen LogP contribution in [0.2, 0.25) is 0 Å². The number of benzene rings is 1. The summed E-state index contributed by atoms with van der Waals surface area (Å²) in [5.41, 5.74) is 4.39. The van der Waals surface area contributed by atoms with Crippen LogP contribution in [0.4, 0.5) is 0 Å². The smallest absolute Gasteiger partial charge is 0.133 e. The molecular formula is C19H22ClN2+. The van der Waals surface area contributed by atoms with Gasteiger partial charge in [-0.25, -0.2) is 0 Å². The quantitative estimate of drug-likeness (QED) is 0.695. The molecule has 5 rings (SSSR count). The van der Waals surface area contributed by atoms with E-state index in [1.165, 1.54) is 47.0 Å². The topological polar surface area (TPSA) is 15.8 Å². The Labute approximate surface area is 136 Å². The van der Waals surface area contributed by atoms with Crippen molar-refractivity contribution in [1.29, 1.82) is 0 Å². The molecule has 0 amide bonds. The molecule has 1 unspecified atom stereocenters. The van der Waals surface area contributed by atoms with Crippen LogP contribution in [0.25, 0.3) is 10.9 Å². The number of para-hydroxylation sites is 1. The van der Waals surface area contributed by atoms with Crippen molar-refractivity contribution in [1.82, 2.24) is 4.98 Å². The summed E-state index contributed by atoms with van der Waals surface area (Å²) < 4.78 is 1.20. The molecule has 0 bridgehead atoms.